The zero-order valence-corrected chi connectivity index (χ0v) is 6.94. The van der Waals surface area contributed by atoms with Crippen LogP contribution in [0.4, 0.5) is 0 Å². The number of hydrogen-bond donors (Lipinski definition) is 0. The van der Waals surface area contributed by atoms with Gasteiger partial charge in [-0.15, -0.1) is 0 Å². The number of carbonyl (C=O) groups excluding carboxylic acids is 1. The Balaban J connectivity index is 3.26. The monoisotopic (exact) mass is 143 g/mol. The Morgan fingerprint density at radius 2 is 2.00 bits per heavy atom. The van der Waals surface area contributed by atoms with Crippen molar-refractivity contribution in [2.45, 2.75) is 40.0 Å². The number of rotatable bonds is 4. The van der Waals surface area contributed by atoms with Gasteiger partial charge in [0.15, 0.2) is 0 Å². The van der Waals surface area contributed by atoms with Gasteiger partial charge in [0, 0.05) is 6.42 Å². The zero-order valence-electron chi connectivity index (χ0n) is 6.94. The van der Waals surface area contributed by atoms with Crippen LogP contribution >= 0.6 is 0 Å². The predicted octanol–water partition coefficient (Wildman–Crippen LogP) is 2.29. The largest absolute Gasteiger partial charge is 0.455 e. The van der Waals surface area contributed by atoms with Crippen LogP contribution in [0.15, 0.2) is 0 Å². The quantitative estimate of drug-likeness (QED) is 0.564. The molecule has 0 heterocycles. The minimum absolute atomic E-state index is 0.109. The highest BCUT2D eigenvalue weighted by Gasteiger charge is 2.03. The topological polar surface area (TPSA) is 26.3 Å². The van der Waals surface area contributed by atoms with E-state index in [1.165, 1.54) is 0 Å². The van der Waals surface area contributed by atoms with Crippen LogP contribution in [0.1, 0.15) is 40.0 Å². The number of carbonyl (C=O) groups is 1. The molecule has 59 valence electrons. The Morgan fingerprint density at radius 1 is 1.40 bits per heavy atom. The second-order valence-electron chi connectivity index (χ2n) is 2.49. The van der Waals surface area contributed by atoms with Crippen LogP contribution in [0.3, 0.4) is 0 Å². The molecule has 2 nitrogen and oxygen atoms in total. The van der Waals surface area contributed by atoms with Crippen LogP contribution in [0.2, 0.25) is 0 Å². The van der Waals surface area contributed by atoms with Crippen LogP contribution in [-0.2, 0) is 9.53 Å². The molecule has 0 saturated carbocycles. The van der Waals surface area contributed by atoms with Crippen LogP contribution in [-0.4, -0.2) is 5.97 Å². The molecule has 0 rings (SSSR count). The molecule has 0 unspecified atom stereocenters. The summed E-state index contributed by atoms with van der Waals surface area (Å²) < 4.78 is 4.83. The summed E-state index contributed by atoms with van der Waals surface area (Å²) in [4.78, 5) is 10.8. The van der Waals surface area contributed by atoms with Gasteiger partial charge >= 0.3 is 5.97 Å². The van der Waals surface area contributed by atoms with E-state index in [1.807, 2.05) is 0 Å². The van der Waals surface area contributed by atoms with Crippen molar-refractivity contribution in [3.8, 4) is 0 Å². The van der Waals surface area contributed by atoms with E-state index in [9.17, 15) is 4.79 Å². The second-order valence-corrected chi connectivity index (χ2v) is 2.49. The minimum atomic E-state index is -0.109. The Hall–Kier alpha value is -0.530. The maximum atomic E-state index is 10.8. The van der Waals surface area contributed by atoms with Crippen molar-refractivity contribution in [1.29, 1.82) is 0 Å². The lowest BCUT2D eigenvalue weighted by Gasteiger charge is -2.04. The SMILES string of the molecule is CCCCC(=O)O[C](C)C. The molecule has 0 aliphatic carbocycles. The summed E-state index contributed by atoms with van der Waals surface area (Å²) in [5.41, 5.74) is 0. The lowest BCUT2D eigenvalue weighted by atomic mass is 10.2. The zero-order chi connectivity index (χ0) is 7.98. The molecule has 0 aromatic rings. The van der Waals surface area contributed by atoms with Gasteiger partial charge in [-0.05, 0) is 20.3 Å². The number of esters is 1. The maximum absolute atomic E-state index is 10.8. The molecule has 0 saturated heterocycles. The third-order valence-electron chi connectivity index (χ3n) is 1.05. The highest BCUT2D eigenvalue weighted by atomic mass is 16.5. The van der Waals surface area contributed by atoms with Crippen molar-refractivity contribution in [3.63, 3.8) is 0 Å². The third-order valence-corrected chi connectivity index (χ3v) is 1.05. The molecule has 0 aliphatic heterocycles. The van der Waals surface area contributed by atoms with Crippen LogP contribution < -0.4 is 0 Å². The Bertz CT molecular complexity index is 97.4. The van der Waals surface area contributed by atoms with E-state index in [0.717, 1.165) is 18.9 Å². The van der Waals surface area contributed by atoms with Gasteiger partial charge in [0.25, 0.3) is 0 Å². The molecule has 0 atom stereocenters. The average molecular weight is 143 g/mol. The molecular weight excluding hydrogens is 128 g/mol. The van der Waals surface area contributed by atoms with E-state index in [0.29, 0.717) is 6.42 Å². The van der Waals surface area contributed by atoms with Crippen LogP contribution in [0, 0.1) is 6.10 Å². The smallest absolute Gasteiger partial charge is 0.306 e. The molecule has 0 aliphatic rings. The molecule has 0 N–H and O–H groups in total. The third kappa shape index (κ3) is 5.60. The average Bonchev–Trinajstić information content (AvgIpc) is 1.82. The van der Waals surface area contributed by atoms with E-state index in [2.05, 4.69) is 6.92 Å². The maximum Gasteiger partial charge on any atom is 0.306 e. The molecule has 2 heteroatoms. The summed E-state index contributed by atoms with van der Waals surface area (Å²) in [5.74, 6) is -0.109. The summed E-state index contributed by atoms with van der Waals surface area (Å²) in [5, 5.41) is 0. The lowest BCUT2D eigenvalue weighted by Crippen LogP contribution is -2.04. The van der Waals surface area contributed by atoms with Crippen molar-refractivity contribution in [2.24, 2.45) is 0 Å². The van der Waals surface area contributed by atoms with E-state index < -0.39 is 0 Å². The normalized spacial score (nSPS) is 10.0. The highest BCUT2D eigenvalue weighted by Crippen LogP contribution is 2.03. The van der Waals surface area contributed by atoms with Crippen molar-refractivity contribution in [3.05, 3.63) is 6.10 Å². The number of unbranched alkanes of at least 4 members (excludes halogenated alkanes) is 1. The minimum Gasteiger partial charge on any atom is -0.455 e. The van der Waals surface area contributed by atoms with Crippen molar-refractivity contribution >= 4 is 5.97 Å². The van der Waals surface area contributed by atoms with Crippen molar-refractivity contribution in [2.75, 3.05) is 0 Å². The molecule has 0 aromatic heterocycles. The summed E-state index contributed by atoms with van der Waals surface area (Å²) in [6, 6.07) is 0. The van der Waals surface area contributed by atoms with E-state index in [4.69, 9.17) is 4.74 Å². The number of ether oxygens (including phenoxy) is 1. The molecule has 0 bridgehead atoms. The summed E-state index contributed by atoms with van der Waals surface area (Å²) in [6.45, 7) is 5.61. The Labute approximate surface area is 62.6 Å². The van der Waals surface area contributed by atoms with Crippen molar-refractivity contribution < 1.29 is 9.53 Å². The first-order chi connectivity index (χ1) is 4.66. The molecule has 0 amide bonds. The van der Waals surface area contributed by atoms with Crippen LogP contribution in [0.5, 0.6) is 0 Å². The van der Waals surface area contributed by atoms with Gasteiger partial charge in [-0.2, -0.15) is 0 Å². The van der Waals surface area contributed by atoms with Gasteiger partial charge in [-0.25, -0.2) is 0 Å². The first-order valence-corrected chi connectivity index (χ1v) is 3.67. The Morgan fingerprint density at radius 3 is 2.40 bits per heavy atom. The molecule has 0 fully saturated rings. The summed E-state index contributed by atoms with van der Waals surface area (Å²) in [7, 11) is 0. The molecular formula is C8H15O2. The predicted molar refractivity (Wildman–Crippen MR) is 40.2 cm³/mol. The first kappa shape index (κ1) is 9.47. The van der Waals surface area contributed by atoms with Gasteiger partial charge in [0.05, 0.1) is 0 Å². The molecule has 10 heavy (non-hydrogen) atoms. The highest BCUT2D eigenvalue weighted by molar-refractivity contribution is 5.69. The van der Waals surface area contributed by atoms with Gasteiger partial charge in [-0.3, -0.25) is 4.79 Å². The van der Waals surface area contributed by atoms with Crippen LogP contribution in [0.25, 0.3) is 0 Å². The fourth-order valence-corrected chi connectivity index (χ4v) is 0.600. The summed E-state index contributed by atoms with van der Waals surface area (Å²) >= 11 is 0. The first-order valence-electron chi connectivity index (χ1n) is 3.67. The molecule has 0 aromatic carbocycles. The fourth-order valence-electron chi connectivity index (χ4n) is 0.600. The Kier molecular flexibility index (Phi) is 4.99. The number of hydrogen-bond acceptors (Lipinski definition) is 2. The van der Waals surface area contributed by atoms with Gasteiger partial charge in [0.2, 0.25) is 0 Å². The van der Waals surface area contributed by atoms with E-state index >= 15 is 0 Å². The van der Waals surface area contributed by atoms with Gasteiger partial charge in [-0.1, -0.05) is 13.3 Å². The van der Waals surface area contributed by atoms with E-state index in [1.54, 1.807) is 13.8 Å². The lowest BCUT2D eigenvalue weighted by molar-refractivity contribution is -0.142. The molecule has 1 radical (unpaired) electrons. The van der Waals surface area contributed by atoms with Crippen molar-refractivity contribution in [1.82, 2.24) is 0 Å². The van der Waals surface area contributed by atoms with E-state index in [-0.39, 0.29) is 5.97 Å². The second kappa shape index (κ2) is 5.27. The fraction of sp³-hybridized carbons (Fsp3) is 0.750. The summed E-state index contributed by atoms with van der Waals surface area (Å²) in [6.07, 6.45) is 3.23. The standard InChI is InChI=1S/C8H15O2/c1-4-5-6-8(9)10-7(2)3/h4-6H2,1-3H3. The molecule has 0 spiro atoms. The van der Waals surface area contributed by atoms with Gasteiger partial charge in [0.1, 0.15) is 6.10 Å². The van der Waals surface area contributed by atoms with Gasteiger partial charge < -0.3 is 4.74 Å².